The van der Waals surface area contributed by atoms with E-state index in [4.69, 9.17) is 5.73 Å². The van der Waals surface area contributed by atoms with E-state index >= 15 is 0 Å². The average molecular weight is 245 g/mol. The minimum Gasteiger partial charge on any atom is -0.388 e. The van der Waals surface area contributed by atoms with Crippen molar-refractivity contribution in [3.63, 3.8) is 0 Å². The highest BCUT2D eigenvalue weighted by Gasteiger charge is 2.44. The molecule has 1 fully saturated rings. The van der Waals surface area contributed by atoms with Crippen LogP contribution in [-0.2, 0) is 0 Å². The number of nitrogens with two attached hydrogens (primary N) is 1. The molecule has 0 saturated heterocycles. The molecule has 0 aromatic heterocycles. The van der Waals surface area contributed by atoms with Crippen molar-refractivity contribution in [3.05, 3.63) is 35.1 Å². The number of halogens is 3. The predicted molar refractivity (Wildman–Crippen MR) is 56.6 cm³/mol. The molecule has 3 N–H and O–H groups in total. The van der Waals surface area contributed by atoms with Crippen LogP contribution in [0.5, 0.6) is 0 Å². The van der Waals surface area contributed by atoms with Gasteiger partial charge in [0.15, 0.2) is 11.6 Å². The maximum absolute atomic E-state index is 13.5. The second-order valence-corrected chi connectivity index (χ2v) is 4.61. The first-order valence-electron chi connectivity index (χ1n) is 5.53. The van der Waals surface area contributed by atoms with Crippen LogP contribution < -0.4 is 5.73 Å². The molecule has 1 unspecified atom stereocenters. The molecule has 0 bridgehead atoms. The maximum Gasteiger partial charge on any atom is 0.161 e. The van der Waals surface area contributed by atoms with E-state index in [1.165, 1.54) is 0 Å². The monoisotopic (exact) mass is 245 g/mol. The molecule has 2 nitrogen and oxygen atoms in total. The Labute approximate surface area is 97.2 Å². The van der Waals surface area contributed by atoms with Crippen LogP contribution in [-0.4, -0.2) is 11.7 Å². The van der Waals surface area contributed by atoms with Gasteiger partial charge < -0.3 is 10.8 Å². The minimum absolute atomic E-state index is 0.201. The summed E-state index contributed by atoms with van der Waals surface area (Å²) >= 11 is 0. The van der Waals surface area contributed by atoms with E-state index in [2.05, 4.69) is 0 Å². The lowest BCUT2D eigenvalue weighted by molar-refractivity contribution is -0.0318. The highest BCUT2D eigenvalue weighted by Crippen LogP contribution is 2.49. The molecule has 0 spiro atoms. The minimum atomic E-state index is -1.26. The molecule has 0 radical (unpaired) electrons. The van der Waals surface area contributed by atoms with E-state index in [0.29, 0.717) is 25.0 Å². The normalized spacial score (nSPS) is 19.8. The Kier molecular flexibility index (Phi) is 3.14. The molecule has 17 heavy (non-hydrogen) atoms. The lowest BCUT2D eigenvalue weighted by atomic mass is 9.63. The van der Waals surface area contributed by atoms with Crippen molar-refractivity contribution in [3.8, 4) is 0 Å². The van der Waals surface area contributed by atoms with Crippen LogP contribution in [0.15, 0.2) is 12.1 Å². The average Bonchev–Trinajstić information content (AvgIpc) is 2.22. The summed E-state index contributed by atoms with van der Waals surface area (Å²) < 4.78 is 39.3. The fraction of sp³-hybridized carbons (Fsp3) is 0.500. The van der Waals surface area contributed by atoms with E-state index in [9.17, 15) is 18.3 Å². The van der Waals surface area contributed by atoms with Crippen molar-refractivity contribution in [1.82, 2.24) is 0 Å². The second kappa shape index (κ2) is 4.31. The summed E-state index contributed by atoms with van der Waals surface area (Å²) in [5.74, 6) is -3.35. The van der Waals surface area contributed by atoms with Gasteiger partial charge in [0.2, 0.25) is 0 Å². The first kappa shape index (κ1) is 12.4. The van der Waals surface area contributed by atoms with Crippen molar-refractivity contribution in [1.29, 1.82) is 0 Å². The molecular weight excluding hydrogens is 231 g/mol. The topological polar surface area (TPSA) is 46.2 Å². The van der Waals surface area contributed by atoms with E-state index < -0.39 is 29.0 Å². The summed E-state index contributed by atoms with van der Waals surface area (Å²) in [6, 6.07) is 1.17. The van der Waals surface area contributed by atoms with Gasteiger partial charge in [-0.05, 0) is 18.9 Å². The van der Waals surface area contributed by atoms with Gasteiger partial charge in [-0.3, -0.25) is 0 Å². The smallest absolute Gasteiger partial charge is 0.161 e. The molecule has 1 atom stereocenters. The quantitative estimate of drug-likeness (QED) is 0.802. The molecule has 0 heterocycles. The van der Waals surface area contributed by atoms with Crippen LogP contribution in [0.25, 0.3) is 0 Å². The van der Waals surface area contributed by atoms with Crippen molar-refractivity contribution in [2.24, 2.45) is 11.1 Å². The standard InChI is InChI=1S/C12H14F3NO/c13-8-5-10(15)9(14)4-7(8)11(17)12(6-16)2-1-3-12/h4-5,11,17H,1-3,6,16H2. The third-order valence-electron chi connectivity index (χ3n) is 3.67. The van der Waals surface area contributed by atoms with Gasteiger partial charge >= 0.3 is 0 Å². The van der Waals surface area contributed by atoms with Crippen molar-refractivity contribution in [2.75, 3.05) is 6.54 Å². The van der Waals surface area contributed by atoms with Crippen molar-refractivity contribution < 1.29 is 18.3 Å². The summed E-state index contributed by atoms with van der Waals surface area (Å²) in [4.78, 5) is 0. The van der Waals surface area contributed by atoms with Gasteiger partial charge in [-0.25, -0.2) is 13.2 Å². The zero-order valence-corrected chi connectivity index (χ0v) is 9.22. The summed E-state index contributed by atoms with van der Waals surface area (Å²) in [6.07, 6.45) is 1.06. The summed E-state index contributed by atoms with van der Waals surface area (Å²) in [7, 11) is 0. The molecule has 1 saturated carbocycles. The molecule has 1 aromatic rings. The molecule has 1 aliphatic carbocycles. The zero-order chi connectivity index (χ0) is 12.6. The predicted octanol–water partition coefficient (Wildman–Crippen LogP) is 2.27. The SMILES string of the molecule is NCC1(C(O)c2cc(F)c(F)cc2F)CCC1. The third-order valence-corrected chi connectivity index (χ3v) is 3.67. The van der Waals surface area contributed by atoms with Crippen LogP contribution in [0.2, 0.25) is 0 Å². The molecule has 94 valence electrons. The van der Waals surface area contributed by atoms with Gasteiger partial charge in [-0.2, -0.15) is 0 Å². The number of aliphatic hydroxyl groups excluding tert-OH is 1. The fourth-order valence-electron chi connectivity index (χ4n) is 2.30. The van der Waals surface area contributed by atoms with E-state index in [0.717, 1.165) is 6.42 Å². The lowest BCUT2D eigenvalue weighted by Gasteiger charge is -2.44. The number of rotatable bonds is 3. The Bertz CT molecular complexity index is 426. The van der Waals surface area contributed by atoms with Gasteiger partial charge in [-0.15, -0.1) is 0 Å². The van der Waals surface area contributed by atoms with Gasteiger partial charge in [0.1, 0.15) is 5.82 Å². The summed E-state index contributed by atoms with van der Waals surface area (Å²) in [6.45, 7) is 0.201. The summed E-state index contributed by atoms with van der Waals surface area (Å²) in [5, 5.41) is 10.1. The van der Waals surface area contributed by atoms with Crippen LogP contribution in [0, 0.1) is 22.9 Å². The molecule has 0 amide bonds. The molecule has 0 aliphatic heterocycles. The Hall–Kier alpha value is -1.07. The summed E-state index contributed by atoms with van der Waals surface area (Å²) in [5.41, 5.74) is 4.77. The van der Waals surface area contributed by atoms with E-state index in [1.807, 2.05) is 0 Å². The van der Waals surface area contributed by atoms with Crippen molar-refractivity contribution >= 4 is 0 Å². The molecule has 5 heteroatoms. The lowest BCUT2D eigenvalue weighted by Crippen LogP contribution is -2.42. The Morgan fingerprint density at radius 2 is 1.76 bits per heavy atom. The number of hydrogen-bond donors (Lipinski definition) is 2. The van der Waals surface area contributed by atoms with E-state index in [-0.39, 0.29) is 12.1 Å². The second-order valence-electron chi connectivity index (χ2n) is 4.61. The molecule has 1 aromatic carbocycles. The molecular formula is C12H14F3NO. The van der Waals surface area contributed by atoms with Crippen LogP contribution in [0.4, 0.5) is 13.2 Å². The maximum atomic E-state index is 13.5. The van der Waals surface area contributed by atoms with Gasteiger partial charge in [0, 0.05) is 23.6 Å². The van der Waals surface area contributed by atoms with Crippen LogP contribution in [0.3, 0.4) is 0 Å². The van der Waals surface area contributed by atoms with Gasteiger partial charge in [0.05, 0.1) is 6.10 Å². The molecule has 1 aliphatic rings. The molecule has 2 rings (SSSR count). The first-order chi connectivity index (χ1) is 8.00. The van der Waals surface area contributed by atoms with Crippen molar-refractivity contribution in [2.45, 2.75) is 25.4 Å². The van der Waals surface area contributed by atoms with Gasteiger partial charge in [-0.1, -0.05) is 6.42 Å². The van der Waals surface area contributed by atoms with Crippen LogP contribution in [0.1, 0.15) is 30.9 Å². The van der Waals surface area contributed by atoms with Crippen LogP contribution >= 0.6 is 0 Å². The fourth-order valence-corrected chi connectivity index (χ4v) is 2.30. The highest BCUT2D eigenvalue weighted by atomic mass is 19.2. The van der Waals surface area contributed by atoms with Gasteiger partial charge in [0.25, 0.3) is 0 Å². The Morgan fingerprint density at radius 1 is 1.18 bits per heavy atom. The third kappa shape index (κ3) is 1.93. The number of aliphatic hydroxyl groups is 1. The van der Waals surface area contributed by atoms with E-state index in [1.54, 1.807) is 0 Å². The largest absolute Gasteiger partial charge is 0.388 e. The highest BCUT2D eigenvalue weighted by molar-refractivity contribution is 5.25. The first-order valence-corrected chi connectivity index (χ1v) is 5.53. The number of hydrogen-bond acceptors (Lipinski definition) is 2. The Morgan fingerprint density at radius 3 is 2.24 bits per heavy atom. The number of benzene rings is 1. The Balaban J connectivity index is 2.36. The zero-order valence-electron chi connectivity index (χ0n) is 9.22.